The maximum Gasteiger partial charge on any atom is 0.325 e. The molecule has 0 radical (unpaired) electrons. The van der Waals surface area contributed by atoms with Crippen LogP contribution in [-0.4, -0.2) is 30.2 Å². The number of methoxy groups -OCH3 is 1. The lowest BCUT2D eigenvalue weighted by atomic mass is 10.2. The highest BCUT2D eigenvalue weighted by molar-refractivity contribution is 7.16. The Morgan fingerprint density at radius 2 is 2.00 bits per heavy atom. The summed E-state index contributed by atoms with van der Waals surface area (Å²) in [5, 5.41) is 0.542. The molecule has 8 heteroatoms. The molecule has 2 aromatic carbocycles. The molecule has 0 saturated carbocycles. The molecule has 0 spiro atoms. The molecule has 3 aromatic rings. The van der Waals surface area contributed by atoms with Crippen molar-refractivity contribution in [3.05, 3.63) is 63.9 Å². The van der Waals surface area contributed by atoms with Crippen LogP contribution in [0.4, 0.5) is 0 Å². The van der Waals surface area contributed by atoms with E-state index in [1.165, 1.54) is 24.5 Å². The van der Waals surface area contributed by atoms with Crippen molar-refractivity contribution >= 4 is 51.1 Å². The van der Waals surface area contributed by atoms with E-state index in [9.17, 15) is 9.59 Å². The van der Waals surface area contributed by atoms with Crippen molar-refractivity contribution in [2.75, 3.05) is 13.7 Å². The van der Waals surface area contributed by atoms with E-state index < -0.39 is 11.9 Å². The number of hydrogen-bond acceptors (Lipinski definition) is 5. The van der Waals surface area contributed by atoms with Crippen LogP contribution in [0, 0.1) is 0 Å². The van der Waals surface area contributed by atoms with Crippen LogP contribution >= 0.6 is 22.9 Å². The first-order valence-corrected chi connectivity index (χ1v) is 10.1. The van der Waals surface area contributed by atoms with Gasteiger partial charge in [-0.3, -0.25) is 9.59 Å². The quantitative estimate of drug-likeness (QED) is 0.436. The monoisotopic (exact) mass is 430 g/mol. The Hall–Kier alpha value is -2.90. The van der Waals surface area contributed by atoms with Gasteiger partial charge >= 0.3 is 5.97 Å². The molecule has 0 atom stereocenters. The molecule has 0 aliphatic heterocycles. The van der Waals surface area contributed by atoms with E-state index in [0.717, 1.165) is 10.3 Å². The molecule has 0 aliphatic carbocycles. The number of benzene rings is 2. The summed E-state index contributed by atoms with van der Waals surface area (Å²) in [6.07, 6.45) is 2.95. The molecule has 0 N–H and O–H groups in total. The van der Waals surface area contributed by atoms with Crippen molar-refractivity contribution in [1.29, 1.82) is 0 Å². The highest BCUT2D eigenvalue weighted by atomic mass is 35.5. The summed E-state index contributed by atoms with van der Waals surface area (Å²) < 4.78 is 13.0. The number of rotatable bonds is 6. The van der Waals surface area contributed by atoms with Gasteiger partial charge in [0.05, 0.1) is 18.4 Å². The van der Waals surface area contributed by atoms with Gasteiger partial charge in [0.15, 0.2) is 4.80 Å². The van der Waals surface area contributed by atoms with Crippen LogP contribution in [0.1, 0.15) is 12.5 Å². The summed E-state index contributed by atoms with van der Waals surface area (Å²) in [4.78, 5) is 28.9. The van der Waals surface area contributed by atoms with Crippen molar-refractivity contribution in [3.8, 4) is 5.75 Å². The number of amides is 1. The molecule has 0 aliphatic rings. The Morgan fingerprint density at radius 1 is 1.21 bits per heavy atom. The first kappa shape index (κ1) is 20.8. The van der Waals surface area contributed by atoms with Crippen LogP contribution in [0.5, 0.6) is 5.75 Å². The van der Waals surface area contributed by atoms with Gasteiger partial charge < -0.3 is 14.0 Å². The third-order valence-corrected chi connectivity index (χ3v) is 5.38. The number of esters is 1. The lowest BCUT2D eigenvalue weighted by Crippen LogP contribution is -2.22. The summed E-state index contributed by atoms with van der Waals surface area (Å²) in [6, 6.07) is 12.8. The number of aromatic nitrogens is 1. The summed E-state index contributed by atoms with van der Waals surface area (Å²) in [5.74, 6) is -0.296. The molecule has 150 valence electrons. The van der Waals surface area contributed by atoms with Gasteiger partial charge in [0.1, 0.15) is 17.8 Å². The van der Waals surface area contributed by atoms with Crippen molar-refractivity contribution < 1.29 is 19.1 Å². The zero-order valence-electron chi connectivity index (χ0n) is 15.9. The minimum absolute atomic E-state index is 0.0824. The number of hydrogen-bond donors (Lipinski definition) is 0. The number of ether oxygens (including phenoxy) is 2. The molecule has 29 heavy (non-hydrogen) atoms. The second kappa shape index (κ2) is 9.54. The van der Waals surface area contributed by atoms with Crippen molar-refractivity contribution in [2.24, 2.45) is 4.99 Å². The zero-order chi connectivity index (χ0) is 20.8. The van der Waals surface area contributed by atoms with Crippen LogP contribution in [0.3, 0.4) is 0 Å². The minimum atomic E-state index is -0.465. The Balaban J connectivity index is 2.06. The molecular formula is C21H19ClN2O4S. The highest BCUT2D eigenvalue weighted by Gasteiger charge is 2.15. The predicted molar refractivity (Wildman–Crippen MR) is 114 cm³/mol. The van der Waals surface area contributed by atoms with E-state index in [2.05, 4.69) is 4.99 Å². The maximum atomic E-state index is 12.4. The molecule has 0 unspecified atom stereocenters. The van der Waals surface area contributed by atoms with Crippen molar-refractivity contribution in [1.82, 2.24) is 4.57 Å². The second-order valence-electron chi connectivity index (χ2n) is 5.89. The summed E-state index contributed by atoms with van der Waals surface area (Å²) in [6.45, 7) is 2.27. The molecular weight excluding hydrogens is 412 g/mol. The van der Waals surface area contributed by atoms with Gasteiger partial charge in [0.25, 0.3) is 5.91 Å². The largest absolute Gasteiger partial charge is 0.492 e. The summed E-state index contributed by atoms with van der Waals surface area (Å²) in [7, 11) is 1.31. The third-order valence-electron chi connectivity index (χ3n) is 4.00. The fraction of sp³-hybridized carbons (Fsp3) is 0.190. The average molecular weight is 431 g/mol. The molecule has 1 heterocycles. The lowest BCUT2D eigenvalue weighted by Gasteiger charge is -2.08. The number of para-hydroxylation sites is 1. The van der Waals surface area contributed by atoms with Crippen LogP contribution in [-0.2, 0) is 20.9 Å². The number of halogens is 1. The molecule has 3 rings (SSSR count). The molecule has 1 aromatic heterocycles. The van der Waals surface area contributed by atoms with Gasteiger partial charge in [0.2, 0.25) is 0 Å². The Bertz CT molecular complexity index is 1150. The van der Waals surface area contributed by atoms with Crippen LogP contribution in [0.2, 0.25) is 5.02 Å². The minimum Gasteiger partial charge on any atom is -0.492 e. The second-order valence-corrected chi connectivity index (χ2v) is 7.30. The number of carbonyl (C=O) groups excluding carboxylic acids is 2. The highest BCUT2D eigenvalue weighted by Crippen LogP contribution is 2.27. The molecule has 6 nitrogen and oxygen atoms in total. The average Bonchev–Trinajstić information content (AvgIpc) is 3.05. The van der Waals surface area contributed by atoms with E-state index in [4.69, 9.17) is 21.1 Å². The fourth-order valence-electron chi connectivity index (χ4n) is 2.70. The lowest BCUT2D eigenvalue weighted by molar-refractivity contribution is -0.141. The number of thiazole rings is 1. The molecule has 0 bridgehead atoms. The number of nitrogens with zero attached hydrogens (tertiary/aromatic N) is 2. The van der Waals surface area contributed by atoms with Gasteiger partial charge in [-0.2, -0.15) is 4.99 Å². The van der Waals surface area contributed by atoms with Gasteiger partial charge in [0, 0.05) is 11.1 Å². The smallest absolute Gasteiger partial charge is 0.325 e. The van der Waals surface area contributed by atoms with Crippen molar-refractivity contribution in [2.45, 2.75) is 13.5 Å². The normalized spacial score (nSPS) is 11.9. The van der Waals surface area contributed by atoms with E-state index in [0.29, 0.717) is 27.7 Å². The summed E-state index contributed by atoms with van der Waals surface area (Å²) >= 11 is 7.40. The number of fused-ring (bicyclic) bond motifs is 1. The Labute approximate surface area is 176 Å². The maximum absolute atomic E-state index is 12.4. The van der Waals surface area contributed by atoms with E-state index in [-0.39, 0.29) is 6.54 Å². The first-order chi connectivity index (χ1) is 14.0. The Kier molecular flexibility index (Phi) is 6.85. The fourth-order valence-corrected chi connectivity index (χ4v) is 3.95. The van der Waals surface area contributed by atoms with Crippen LogP contribution < -0.4 is 9.54 Å². The number of carbonyl (C=O) groups is 2. The molecule has 0 saturated heterocycles. The van der Waals surface area contributed by atoms with Gasteiger partial charge in [-0.15, -0.1) is 0 Å². The van der Waals surface area contributed by atoms with E-state index in [1.54, 1.807) is 22.8 Å². The Morgan fingerprint density at radius 3 is 2.72 bits per heavy atom. The topological polar surface area (TPSA) is 69.9 Å². The third kappa shape index (κ3) is 4.93. The standard InChI is InChI=1S/C21H19ClN2O4S/c1-3-28-16-9-6-10-17-20(16)24(13-19(26)27-2)21(29-17)23-18(25)12-11-14-7-4-5-8-15(14)22/h4-12H,3,13H2,1-2H3/b12-11+,23-21?. The zero-order valence-corrected chi connectivity index (χ0v) is 17.5. The van der Waals surface area contributed by atoms with Gasteiger partial charge in [-0.05, 0) is 36.8 Å². The van der Waals surface area contributed by atoms with Gasteiger partial charge in [-0.1, -0.05) is 47.2 Å². The van der Waals surface area contributed by atoms with Crippen LogP contribution in [0.25, 0.3) is 16.3 Å². The van der Waals surface area contributed by atoms with Crippen LogP contribution in [0.15, 0.2) is 53.5 Å². The first-order valence-electron chi connectivity index (χ1n) is 8.86. The van der Waals surface area contributed by atoms with Crippen molar-refractivity contribution in [3.63, 3.8) is 0 Å². The predicted octanol–water partition coefficient (Wildman–Crippen LogP) is 4.07. The van der Waals surface area contributed by atoms with E-state index >= 15 is 0 Å². The SMILES string of the molecule is CCOc1cccc2sc(=NC(=O)/C=C/c3ccccc3Cl)n(CC(=O)OC)c12. The van der Waals surface area contributed by atoms with Gasteiger partial charge in [-0.25, -0.2) is 0 Å². The molecule has 1 amide bonds. The van der Waals surface area contributed by atoms with E-state index in [1.807, 2.05) is 37.3 Å². The summed E-state index contributed by atoms with van der Waals surface area (Å²) in [5.41, 5.74) is 1.42. The molecule has 0 fully saturated rings.